The Hall–Kier alpha value is -1.53. The second kappa shape index (κ2) is 5.20. The minimum Gasteiger partial charge on any atom is -0.357 e. The van der Waals surface area contributed by atoms with Crippen molar-refractivity contribution in [1.82, 2.24) is 4.98 Å². The highest BCUT2D eigenvalue weighted by molar-refractivity contribution is 7.15. The Morgan fingerprint density at radius 3 is 2.82 bits per heavy atom. The number of thiazole rings is 1. The summed E-state index contributed by atoms with van der Waals surface area (Å²) in [5.41, 5.74) is 5.85. The Labute approximate surface area is 101 Å². The molecule has 0 saturated heterocycles. The van der Waals surface area contributed by atoms with E-state index in [-0.39, 0.29) is 6.54 Å². The molecule has 0 bridgehead atoms. The molecule has 3 N–H and O–H groups in total. The van der Waals surface area contributed by atoms with Gasteiger partial charge < -0.3 is 11.1 Å². The average molecular weight is 255 g/mol. The Morgan fingerprint density at radius 1 is 1.35 bits per heavy atom. The van der Waals surface area contributed by atoms with Gasteiger partial charge in [0.1, 0.15) is 11.6 Å². The molecule has 0 amide bonds. The van der Waals surface area contributed by atoms with Gasteiger partial charge in [0, 0.05) is 35.8 Å². The third kappa shape index (κ3) is 2.98. The molecule has 3 nitrogen and oxygen atoms in total. The fourth-order valence-corrected chi connectivity index (χ4v) is 2.01. The first kappa shape index (κ1) is 11.9. The maximum atomic E-state index is 13.3. The van der Waals surface area contributed by atoms with Crippen molar-refractivity contribution in [3.63, 3.8) is 0 Å². The van der Waals surface area contributed by atoms with Gasteiger partial charge in [0.05, 0.1) is 0 Å². The van der Waals surface area contributed by atoms with Crippen LogP contribution in [0.4, 0.5) is 13.9 Å². The highest BCUT2D eigenvalue weighted by Crippen LogP contribution is 2.19. The van der Waals surface area contributed by atoms with Crippen LogP contribution in [-0.4, -0.2) is 4.98 Å². The number of hydrogen-bond donors (Lipinski definition) is 2. The molecule has 2 rings (SSSR count). The van der Waals surface area contributed by atoms with Crippen LogP contribution < -0.4 is 11.1 Å². The van der Waals surface area contributed by atoms with Gasteiger partial charge in [-0.2, -0.15) is 0 Å². The monoisotopic (exact) mass is 255 g/mol. The molecule has 6 heteroatoms. The zero-order chi connectivity index (χ0) is 12.3. The van der Waals surface area contributed by atoms with Crippen molar-refractivity contribution in [2.75, 3.05) is 5.32 Å². The first-order chi connectivity index (χ1) is 8.19. The summed E-state index contributed by atoms with van der Waals surface area (Å²) in [5.74, 6) is -1.14. The zero-order valence-electron chi connectivity index (χ0n) is 8.91. The van der Waals surface area contributed by atoms with Gasteiger partial charge in [0.15, 0.2) is 5.13 Å². The molecule has 0 aliphatic heterocycles. The van der Waals surface area contributed by atoms with Gasteiger partial charge in [-0.3, -0.25) is 0 Å². The van der Waals surface area contributed by atoms with Crippen molar-refractivity contribution in [1.29, 1.82) is 0 Å². The summed E-state index contributed by atoms with van der Waals surface area (Å²) in [6.45, 7) is 0.702. The Morgan fingerprint density at radius 2 is 2.18 bits per heavy atom. The minimum absolute atomic E-state index is 0.267. The van der Waals surface area contributed by atoms with Crippen molar-refractivity contribution >= 4 is 16.5 Å². The lowest BCUT2D eigenvalue weighted by Crippen LogP contribution is -2.01. The third-order valence-corrected chi connectivity index (χ3v) is 3.18. The molecule has 0 fully saturated rings. The Balaban J connectivity index is 2.02. The number of benzene rings is 1. The van der Waals surface area contributed by atoms with Crippen LogP contribution in [0.3, 0.4) is 0 Å². The van der Waals surface area contributed by atoms with E-state index in [9.17, 15) is 8.78 Å². The predicted molar refractivity (Wildman–Crippen MR) is 63.7 cm³/mol. The number of aromatic nitrogens is 1. The zero-order valence-corrected chi connectivity index (χ0v) is 9.73. The molecule has 90 valence electrons. The van der Waals surface area contributed by atoms with Crippen LogP contribution in [0.2, 0.25) is 0 Å². The molecule has 1 aromatic heterocycles. The number of rotatable bonds is 4. The lowest BCUT2D eigenvalue weighted by molar-refractivity contribution is 0.574. The van der Waals surface area contributed by atoms with Gasteiger partial charge in [-0.1, -0.05) is 6.07 Å². The van der Waals surface area contributed by atoms with E-state index < -0.39 is 11.6 Å². The van der Waals surface area contributed by atoms with Gasteiger partial charge in [-0.15, -0.1) is 11.3 Å². The fourth-order valence-electron chi connectivity index (χ4n) is 1.32. The van der Waals surface area contributed by atoms with E-state index in [1.54, 1.807) is 6.20 Å². The molecule has 1 heterocycles. The third-order valence-electron chi connectivity index (χ3n) is 2.20. The number of nitrogens with one attached hydrogen (secondary N) is 1. The molecular weight excluding hydrogens is 244 g/mol. The molecule has 0 unspecified atom stereocenters. The topological polar surface area (TPSA) is 50.9 Å². The highest BCUT2D eigenvalue weighted by Gasteiger charge is 2.05. The quantitative estimate of drug-likeness (QED) is 0.882. The fraction of sp³-hybridized carbons (Fsp3) is 0.182. The first-order valence-electron chi connectivity index (χ1n) is 5.01. The van der Waals surface area contributed by atoms with E-state index in [4.69, 9.17) is 5.73 Å². The SMILES string of the molecule is NCc1cnc(NCc2ccc(F)cc2F)s1. The molecule has 17 heavy (non-hydrogen) atoms. The van der Waals surface area contributed by atoms with Crippen LogP contribution in [0.5, 0.6) is 0 Å². The smallest absolute Gasteiger partial charge is 0.183 e. The lowest BCUT2D eigenvalue weighted by atomic mass is 10.2. The molecule has 2 aromatic rings. The van der Waals surface area contributed by atoms with E-state index in [0.29, 0.717) is 17.2 Å². The summed E-state index contributed by atoms with van der Waals surface area (Å²) in [7, 11) is 0. The molecule has 1 aromatic carbocycles. The average Bonchev–Trinajstić information content (AvgIpc) is 2.76. The van der Waals surface area contributed by atoms with Crippen LogP contribution in [0.15, 0.2) is 24.4 Å². The maximum absolute atomic E-state index is 13.3. The molecular formula is C11H11F2N3S. The number of halogens is 2. The van der Waals surface area contributed by atoms with E-state index in [1.807, 2.05) is 0 Å². The normalized spacial score (nSPS) is 10.5. The number of anilines is 1. The highest BCUT2D eigenvalue weighted by atomic mass is 32.1. The molecule has 0 radical (unpaired) electrons. The van der Waals surface area contributed by atoms with Crippen molar-refractivity contribution in [2.45, 2.75) is 13.1 Å². The van der Waals surface area contributed by atoms with Crippen molar-refractivity contribution in [3.8, 4) is 0 Å². The van der Waals surface area contributed by atoms with Crippen LogP contribution in [-0.2, 0) is 13.1 Å². The number of nitrogens with two attached hydrogens (primary N) is 1. The number of nitrogens with zero attached hydrogens (tertiary/aromatic N) is 1. The summed E-state index contributed by atoms with van der Waals surface area (Å²) in [6.07, 6.45) is 1.67. The van der Waals surface area contributed by atoms with Crippen LogP contribution in [0.1, 0.15) is 10.4 Å². The van der Waals surface area contributed by atoms with Gasteiger partial charge in [0.2, 0.25) is 0 Å². The van der Waals surface area contributed by atoms with Crippen molar-refractivity contribution < 1.29 is 8.78 Å². The van der Waals surface area contributed by atoms with Crippen LogP contribution >= 0.6 is 11.3 Å². The molecule has 0 aliphatic carbocycles. The lowest BCUT2D eigenvalue weighted by Gasteiger charge is -2.04. The second-order valence-corrected chi connectivity index (χ2v) is 4.54. The van der Waals surface area contributed by atoms with Gasteiger partial charge >= 0.3 is 0 Å². The summed E-state index contributed by atoms with van der Waals surface area (Å²) in [6, 6.07) is 3.51. The maximum Gasteiger partial charge on any atom is 0.183 e. The summed E-state index contributed by atoms with van der Waals surface area (Å²) in [5, 5.41) is 3.64. The van der Waals surface area contributed by atoms with E-state index in [1.165, 1.54) is 23.5 Å². The molecule has 0 saturated carbocycles. The van der Waals surface area contributed by atoms with Gasteiger partial charge in [-0.05, 0) is 6.07 Å². The first-order valence-corrected chi connectivity index (χ1v) is 5.83. The minimum atomic E-state index is -0.578. The largest absolute Gasteiger partial charge is 0.357 e. The van der Waals surface area contributed by atoms with Crippen molar-refractivity contribution in [2.24, 2.45) is 5.73 Å². The standard InChI is InChI=1S/C11H11F2N3S/c12-8-2-1-7(10(13)3-8)5-15-11-16-6-9(4-14)17-11/h1-3,6H,4-5,14H2,(H,15,16). The molecule has 0 atom stereocenters. The van der Waals surface area contributed by atoms with Crippen LogP contribution in [0, 0.1) is 11.6 Å². The predicted octanol–water partition coefficient (Wildman–Crippen LogP) is 2.49. The Bertz CT molecular complexity index is 513. The Kier molecular flexibility index (Phi) is 3.65. The molecule has 0 aliphatic rings. The summed E-state index contributed by atoms with van der Waals surface area (Å²) >= 11 is 1.42. The molecule has 0 spiro atoms. The summed E-state index contributed by atoms with van der Waals surface area (Å²) < 4.78 is 26.0. The summed E-state index contributed by atoms with van der Waals surface area (Å²) in [4.78, 5) is 5.03. The van der Waals surface area contributed by atoms with Crippen LogP contribution in [0.25, 0.3) is 0 Å². The van der Waals surface area contributed by atoms with Gasteiger partial charge in [-0.25, -0.2) is 13.8 Å². The van der Waals surface area contributed by atoms with Gasteiger partial charge in [0.25, 0.3) is 0 Å². The van der Waals surface area contributed by atoms with E-state index in [0.717, 1.165) is 10.9 Å². The van der Waals surface area contributed by atoms with E-state index in [2.05, 4.69) is 10.3 Å². The second-order valence-electron chi connectivity index (χ2n) is 3.43. The number of hydrogen-bond acceptors (Lipinski definition) is 4. The van der Waals surface area contributed by atoms with Crippen molar-refractivity contribution in [3.05, 3.63) is 46.5 Å². The van der Waals surface area contributed by atoms with E-state index >= 15 is 0 Å².